The zero-order valence-electron chi connectivity index (χ0n) is 11.7. The lowest BCUT2D eigenvalue weighted by atomic mass is 10.1. The summed E-state index contributed by atoms with van der Waals surface area (Å²) in [4.78, 5) is 9.09. The third kappa shape index (κ3) is 2.82. The normalized spacial score (nSPS) is 18.9. The van der Waals surface area contributed by atoms with Crippen LogP contribution in [0, 0.1) is 0 Å². The SMILES string of the molecule is COc1nc2ccccc2nc1NCC1CCCCN1. The van der Waals surface area contributed by atoms with E-state index >= 15 is 0 Å². The molecule has 1 aliphatic rings. The van der Waals surface area contributed by atoms with Crippen molar-refractivity contribution in [3.8, 4) is 5.88 Å². The average molecular weight is 272 g/mol. The number of hydrogen-bond acceptors (Lipinski definition) is 5. The Morgan fingerprint density at radius 2 is 2.05 bits per heavy atom. The summed E-state index contributed by atoms with van der Waals surface area (Å²) in [6.07, 6.45) is 3.77. The van der Waals surface area contributed by atoms with E-state index in [9.17, 15) is 0 Å². The lowest BCUT2D eigenvalue weighted by Gasteiger charge is -2.24. The van der Waals surface area contributed by atoms with E-state index in [0.29, 0.717) is 11.9 Å². The van der Waals surface area contributed by atoms with Crippen LogP contribution in [0.3, 0.4) is 0 Å². The first-order valence-corrected chi connectivity index (χ1v) is 7.15. The predicted molar refractivity (Wildman–Crippen MR) is 80.2 cm³/mol. The molecule has 20 heavy (non-hydrogen) atoms. The van der Waals surface area contributed by atoms with E-state index in [2.05, 4.69) is 20.6 Å². The molecule has 1 unspecified atom stereocenters. The van der Waals surface area contributed by atoms with Gasteiger partial charge in [0.15, 0.2) is 5.82 Å². The van der Waals surface area contributed by atoms with Crippen molar-refractivity contribution >= 4 is 16.9 Å². The lowest BCUT2D eigenvalue weighted by Crippen LogP contribution is -2.39. The summed E-state index contributed by atoms with van der Waals surface area (Å²) in [5, 5.41) is 6.88. The van der Waals surface area contributed by atoms with E-state index in [4.69, 9.17) is 4.74 Å². The molecule has 1 aromatic heterocycles. The number of para-hydroxylation sites is 2. The second-order valence-electron chi connectivity index (χ2n) is 5.10. The largest absolute Gasteiger partial charge is 0.478 e. The molecule has 0 spiro atoms. The smallest absolute Gasteiger partial charge is 0.257 e. The fourth-order valence-corrected chi connectivity index (χ4v) is 2.56. The molecule has 106 valence electrons. The zero-order valence-corrected chi connectivity index (χ0v) is 11.7. The molecule has 2 N–H and O–H groups in total. The van der Waals surface area contributed by atoms with E-state index in [1.165, 1.54) is 19.3 Å². The number of ether oxygens (including phenoxy) is 1. The standard InChI is InChI=1S/C15H20N4O/c1-20-15-14(17-10-11-6-4-5-9-16-11)18-12-7-2-3-8-13(12)19-15/h2-3,7-8,11,16H,4-6,9-10H2,1H3,(H,17,18). The summed E-state index contributed by atoms with van der Waals surface area (Å²) >= 11 is 0. The highest BCUT2D eigenvalue weighted by molar-refractivity contribution is 5.77. The van der Waals surface area contributed by atoms with Gasteiger partial charge in [-0.3, -0.25) is 0 Å². The van der Waals surface area contributed by atoms with Crippen molar-refractivity contribution in [2.45, 2.75) is 25.3 Å². The van der Waals surface area contributed by atoms with Crippen LogP contribution in [-0.4, -0.2) is 36.2 Å². The molecule has 1 aliphatic heterocycles. The van der Waals surface area contributed by atoms with E-state index in [1.807, 2.05) is 24.3 Å². The van der Waals surface area contributed by atoms with Crippen LogP contribution < -0.4 is 15.4 Å². The number of nitrogens with zero attached hydrogens (tertiary/aromatic N) is 2. The van der Waals surface area contributed by atoms with Crippen molar-refractivity contribution < 1.29 is 4.74 Å². The number of fused-ring (bicyclic) bond motifs is 1. The maximum atomic E-state index is 5.34. The summed E-state index contributed by atoms with van der Waals surface area (Å²) in [6, 6.07) is 8.33. The summed E-state index contributed by atoms with van der Waals surface area (Å²) in [7, 11) is 1.63. The minimum absolute atomic E-state index is 0.502. The number of benzene rings is 1. The fourth-order valence-electron chi connectivity index (χ4n) is 2.56. The van der Waals surface area contributed by atoms with E-state index in [1.54, 1.807) is 7.11 Å². The Balaban J connectivity index is 1.78. The number of piperidine rings is 1. The monoisotopic (exact) mass is 272 g/mol. The van der Waals surface area contributed by atoms with Crippen LogP contribution in [0.2, 0.25) is 0 Å². The van der Waals surface area contributed by atoms with Gasteiger partial charge in [0, 0.05) is 12.6 Å². The van der Waals surface area contributed by atoms with Crippen LogP contribution in [0.4, 0.5) is 5.82 Å². The van der Waals surface area contributed by atoms with Crippen LogP contribution in [0.25, 0.3) is 11.0 Å². The number of anilines is 1. The Hall–Kier alpha value is -1.88. The molecule has 1 aromatic carbocycles. The summed E-state index contributed by atoms with van der Waals surface area (Å²) in [5.74, 6) is 1.28. The highest BCUT2D eigenvalue weighted by Crippen LogP contribution is 2.23. The minimum atomic E-state index is 0.502. The molecule has 0 bridgehead atoms. The topological polar surface area (TPSA) is 59.1 Å². The molecule has 2 aromatic rings. The summed E-state index contributed by atoms with van der Waals surface area (Å²) < 4.78 is 5.34. The Morgan fingerprint density at radius 3 is 2.75 bits per heavy atom. The fraction of sp³-hybridized carbons (Fsp3) is 0.467. The van der Waals surface area contributed by atoms with Gasteiger partial charge in [0.25, 0.3) is 5.88 Å². The van der Waals surface area contributed by atoms with E-state index < -0.39 is 0 Å². The van der Waals surface area contributed by atoms with Gasteiger partial charge < -0.3 is 15.4 Å². The van der Waals surface area contributed by atoms with Gasteiger partial charge in [-0.15, -0.1) is 0 Å². The van der Waals surface area contributed by atoms with Gasteiger partial charge in [-0.2, -0.15) is 0 Å². The third-order valence-electron chi connectivity index (χ3n) is 3.66. The van der Waals surface area contributed by atoms with Gasteiger partial charge in [0.1, 0.15) is 0 Å². The van der Waals surface area contributed by atoms with Crippen LogP contribution in [0.5, 0.6) is 5.88 Å². The van der Waals surface area contributed by atoms with Gasteiger partial charge in [-0.1, -0.05) is 18.6 Å². The minimum Gasteiger partial charge on any atom is -0.478 e. The summed E-state index contributed by atoms with van der Waals surface area (Å²) in [5.41, 5.74) is 1.73. The Labute approximate surface area is 118 Å². The molecule has 1 saturated heterocycles. The third-order valence-corrected chi connectivity index (χ3v) is 3.66. The maximum Gasteiger partial charge on any atom is 0.257 e. The lowest BCUT2D eigenvalue weighted by molar-refractivity contribution is 0.396. The summed E-state index contributed by atoms with van der Waals surface area (Å²) in [6.45, 7) is 1.95. The van der Waals surface area contributed by atoms with Crippen LogP contribution >= 0.6 is 0 Å². The number of rotatable bonds is 4. The van der Waals surface area contributed by atoms with Crippen LogP contribution in [0.1, 0.15) is 19.3 Å². The predicted octanol–water partition coefficient (Wildman–Crippen LogP) is 2.19. The molecule has 0 saturated carbocycles. The van der Waals surface area contributed by atoms with E-state index in [-0.39, 0.29) is 0 Å². The Kier molecular flexibility index (Phi) is 3.97. The molecule has 0 aliphatic carbocycles. The Bertz CT molecular complexity index is 581. The van der Waals surface area contributed by atoms with Crippen molar-refractivity contribution in [2.75, 3.05) is 25.5 Å². The Morgan fingerprint density at radius 1 is 1.25 bits per heavy atom. The first kappa shape index (κ1) is 13.1. The van der Waals surface area contributed by atoms with Gasteiger partial charge in [-0.05, 0) is 31.5 Å². The highest BCUT2D eigenvalue weighted by atomic mass is 16.5. The van der Waals surface area contributed by atoms with Gasteiger partial charge in [-0.25, -0.2) is 9.97 Å². The number of aromatic nitrogens is 2. The molecule has 0 radical (unpaired) electrons. The van der Waals surface area contributed by atoms with Crippen molar-refractivity contribution in [1.82, 2.24) is 15.3 Å². The van der Waals surface area contributed by atoms with Gasteiger partial charge in [0.2, 0.25) is 0 Å². The zero-order chi connectivity index (χ0) is 13.8. The quantitative estimate of drug-likeness (QED) is 0.893. The second-order valence-corrected chi connectivity index (χ2v) is 5.10. The number of hydrogen-bond donors (Lipinski definition) is 2. The molecule has 0 amide bonds. The van der Waals surface area contributed by atoms with Crippen molar-refractivity contribution in [3.63, 3.8) is 0 Å². The van der Waals surface area contributed by atoms with E-state index in [0.717, 1.165) is 29.9 Å². The van der Waals surface area contributed by atoms with Gasteiger partial charge in [0.05, 0.1) is 18.1 Å². The first-order valence-electron chi connectivity index (χ1n) is 7.15. The molecule has 1 atom stereocenters. The van der Waals surface area contributed by atoms with Crippen LogP contribution in [0.15, 0.2) is 24.3 Å². The molecule has 3 rings (SSSR count). The van der Waals surface area contributed by atoms with Crippen molar-refractivity contribution in [2.24, 2.45) is 0 Å². The number of methoxy groups -OCH3 is 1. The maximum absolute atomic E-state index is 5.34. The molecule has 2 heterocycles. The van der Waals surface area contributed by atoms with Crippen LogP contribution in [-0.2, 0) is 0 Å². The number of nitrogens with one attached hydrogen (secondary N) is 2. The molecule has 5 heteroatoms. The molecule has 5 nitrogen and oxygen atoms in total. The molecule has 1 fully saturated rings. The average Bonchev–Trinajstić information content (AvgIpc) is 2.53. The van der Waals surface area contributed by atoms with Crippen molar-refractivity contribution in [3.05, 3.63) is 24.3 Å². The van der Waals surface area contributed by atoms with Crippen molar-refractivity contribution in [1.29, 1.82) is 0 Å². The highest BCUT2D eigenvalue weighted by Gasteiger charge is 2.14. The molecular weight excluding hydrogens is 252 g/mol. The second kappa shape index (κ2) is 6.05. The first-order chi connectivity index (χ1) is 9.86. The van der Waals surface area contributed by atoms with Gasteiger partial charge >= 0.3 is 0 Å². The molecular formula is C15H20N4O.